The van der Waals surface area contributed by atoms with Crippen LogP contribution in [0.3, 0.4) is 0 Å². The van der Waals surface area contributed by atoms with Gasteiger partial charge in [0.2, 0.25) is 0 Å². The predicted molar refractivity (Wildman–Crippen MR) is 94.8 cm³/mol. The second kappa shape index (κ2) is 8.41. The molecule has 2 aromatic carbocycles. The first-order chi connectivity index (χ1) is 12.1. The molecule has 0 radical (unpaired) electrons. The van der Waals surface area contributed by atoms with Gasteiger partial charge < -0.3 is 19.5 Å². The van der Waals surface area contributed by atoms with E-state index >= 15 is 0 Å². The number of rotatable bonds is 6. The van der Waals surface area contributed by atoms with Crippen molar-refractivity contribution in [3.8, 4) is 23.3 Å². The summed E-state index contributed by atoms with van der Waals surface area (Å²) in [5.74, 6) is 1.23. The molecule has 1 amide bonds. The van der Waals surface area contributed by atoms with Crippen LogP contribution in [0, 0.1) is 11.3 Å². The van der Waals surface area contributed by atoms with Crippen molar-refractivity contribution in [1.82, 2.24) is 0 Å². The number of hydrogen-bond acceptors (Lipinski definition) is 5. The molecule has 0 aromatic heterocycles. The van der Waals surface area contributed by atoms with Crippen molar-refractivity contribution in [2.45, 2.75) is 0 Å². The average molecular weight is 338 g/mol. The van der Waals surface area contributed by atoms with Crippen molar-refractivity contribution in [3.63, 3.8) is 0 Å². The lowest BCUT2D eigenvalue weighted by Crippen LogP contribution is -2.13. The third-order valence-electron chi connectivity index (χ3n) is 3.43. The molecule has 0 aliphatic rings. The van der Waals surface area contributed by atoms with Crippen LogP contribution >= 0.6 is 0 Å². The van der Waals surface area contributed by atoms with Gasteiger partial charge in [-0.05, 0) is 35.9 Å². The largest absolute Gasteiger partial charge is 0.497 e. The number of hydrogen-bond donors (Lipinski definition) is 1. The Morgan fingerprint density at radius 2 is 1.68 bits per heavy atom. The Balaban J connectivity index is 2.19. The molecule has 6 heteroatoms. The Hall–Kier alpha value is -3.46. The zero-order chi connectivity index (χ0) is 18.2. The Kier molecular flexibility index (Phi) is 6.02. The van der Waals surface area contributed by atoms with Crippen LogP contribution in [0.5, 0.6) is 17.2 Å². The highest BCUT2D eigenvalue weighted by Gasteiger charge is 2.11. The lowest BCUT2D eigenvalue weighted by atomic mass is 10.1. The highest BCUT2D eigenvalue weighted by atomic mass is 16.5. The first kappa shape index (κ1) is 17.9. The molecule has 1 N–H and O–H groups in total. The Morgan fingerprint density at radius 1 is 1.00 bits per heavy atom. The first-order valence-corrected chi connectivity index (χ1v) is 7.40. The number of carbonyl (C=O) groups excluding carboxylic acids is 1. The van der Waals surface area contributed by atoms with Crippen LogP contribution in [0.25, 0.3) is 6.08 Å². The maximum absolute atomic E-state index is 12.3. The molecule has 0 saturated heterocycles. The van der Waals surface area contributed by atoms with Gasteiger partial charge in [-0.3, -0.25) is 4.79 Å². The Morgan fingerprint density at radius 3 is 2.24 bits per heavy atom. The van der Waals surface area contributed by atoms with E-state index in [2.05, 4.69) is 5.32 Å². The molecule has 0 unspecified atom stereocenters. The number of methoxy groups -OCH3 is 3. The van der Waals surface area contributed by atoms with Gasteiger partial charge in [0, 0.05) is 11.8 Å². The molecule has 128 valence electrons. The summed E-state index contributed by atoms with van der Waals surface area (Å²) in [4.78, 5) is 12.3. The molecule has 0 spiro atoms. The molecule has 0 fully saturated rings. The third-order valence-corrected chi connectivity index (χ3v) is 3.43. The minimum absolute atomic E-state index is 0.0139. The van der Waals surface area contributed by atoms with E-state index in [1.165, 1.54) is 20.3 Å². The van der Waals surface area contributed by atoms with Crippen molar-refractivity contribution in [2.75, 3.05) is 26.6 Å². The maximum Gasteiger partial charge on any atom is 0.266 e. The predicted octanol–water partition coefficient (Wildman–Crippen LogP) is 3.26. The quantitative estimate of drug-likeness (QED) is 0.646. The van der Waals surface area contributed by atoms with Crippen molar-refractivity contribution >= 4 is 17.7 Å². The summed E-state index contributed by atoms with van der Waals surface area (Å²) in [7, 11) is 4.61. The fourth-order valence-corrected chi connectivity index (χ4v) is 2.13. The van der Waals surface area contributed by atoms with E-state index in [1.54, 1.807) is 49.6 Å². The summed E-state index contributed by atoms with van der Waals surface area (Å²) < 4.78 is 15.4. The van der Waals surface area contributed by atoms with Crippen molar-refractivity contribution in [3.05, 3.63) is 53.6 Å². The molecular weight excluding hydrogens is 320 g/mol. The highest BCUT2D eigenvalue weighted by molar-refractivity contribution is 6.09. The van der Waals surface area contributed by atoms with Gasteiger partial charge in [-0.1, -0.05) is 12.1 Å². The molecular formula is C19H18N2O4. The molecule has 0 atom stereocenters. The molecule has 25 heavy (non-hydrogen) atoms. The van der Waals surface area contributed by atoms with Crippen molar-refractivity contribution in [2.24, 2.45) is 0 Å². The van der Waals surface area contributed by atoms with Gasteiger partial charge in [0.25, 0.3) is 5.91 Å². The van der Waals surface area contributed by atoms with Crippen molar-refractivity contribution in [1.29, 1.82) is 5.26 Å². The topological polar surface area (TPSA) is 80.6 Å². The van der Waals surface area contributed by atoms with Gasteiger partial charge in [0.05, 0.1) is 21.3 Å². The second-order valence-corrected chi connectivity index (χ2v) is 4.97. The average Bonchev–Trinajstić information content (AvgIpc) is 2.66. The molecule has 0 heterocycles. The number of amides is 1. The Bertz CT molecular complexity index is 820. The van der Waals surface area contributed by atoms with Gasteiger partial charge in [-0.15, -0.1) is 0 Å². The smallest absolute Gasteiger partial charge is 0.266 e. The summed E-state index contributed by atoms with van der Waals surface area (Å²) >= 11 is 0. The minimum Gasteiger partial charge on any atom is -0.497 e. The number of nitrogens with zero attached hydrogens (tertiary/aromatic N) is 1. The summed E-state index contributed by atoms with van der Waals surface area (Å²) in [5, 5.41) is 11.9. The van der Waals surface area contributed by atoms with Crippen LogP contribution in [0.4, 0.5) is 5.69 Å². The van der Waals surface area contributed by atoms with Crippen LogP contribution in [-0.4, -0.2) is 27.2 Å². The molecule has 6 nitrogen and oxygen atoms in total. The van der Waals surface area contributed by atoms with Gasteiger partial charge >= 0.3 is 0 Å². The molecule has 0 aliphatic carbocycles. The number of nitriles is 1. The minimum atomic E-state index is -0.509. The molecule has 0 saturated carbocycles. The van der Waals surface area contributed by atoms with Gasteiger partial charge in [0.1, 0.15) is 17.4 Å². The lowest BCUT2D eigenvalue weighted by Gasteiger charge is -2.10. The summed E-state index contributed by atoms with van der Waals surface area (Å²) in [6.45, 7) is 0. The summed E-state index contributed by atoms with van der Waals surface area (Å²) in [6, 6.07) is 13.9. The number of carbonyl (C=O) groups is 1. The van der Waals surface area contributed by atoms with Crippen molar-refractivity contribution < 1.29 is 19.0 Å². The van der Waals surface area contributed by atoms with E-state index in [9.17, 15) is 10.1 Å². The first-order valence-electron chi connectivity index (χ1n) is 7.40. The van der Waals surface area contributed by atoms with E-state index in [4.69, 9.17) is 14.2 Å². The molecule has 2 rings (SSSR count). The molecule has 0 bridgehead atoms. The standard InChI is InChI=1S/C19H18N2O4/c1-23-16-7-4-13(5-8-16)10-14(12-20)19(22)21-15-6-9-17(24-2)18(11-15)25-3/h4-11H,1-3H3,(H,21,22)/b14-10+. The van der Waals surface area contributed by atoms with E-state index in [0.29, 0.717) is 22.9 Å². The molecule has 2 aromatic rings. The monoisotopic (exact) mass is 338 g/mol. The van der Waals surface area contributed by atoms with Gasteiger partial charge in [0.15, 0.2) is 11.5 Å². The van der Waals surface area contributed by atoms with E-state index in [1.807, 2.05) is 6.07 Å². The fourth-order valence-electron chi connectivity index (χ4n) is 2.13. The van der Waals surface area contributed by atoms with Gasteiger partial charge in [-0.2, -0.15) is 5.26 Å². The number of nitrogens with one attached hydrogen (secondary N) is 1. The zero-order valence-electron chi connectivity index (χ0n) is 14.2. The fraction of sp³-hybridized carbons (Fsp3) is 0.158. The van der Waals surface area contributed by atoms with Crippen LogP contribution in [-0.2, 0) is 4.79 Å². The summed E-state index contributed by atoms with van der Waals surface area (Å²) in [5.41, 5.74) is 1.21. The van der Waals surface area contributed by atoms with E-state index in [-0.39, 0.29) is 5.57 Å². The molecule has 0 aliphatic heterocycles. The highest BCUT2D eigenvalue weighted by Crippen LogP contribution is 2.29. The second-order valence-electron chi connectivity index (χ2n) is 4.97. The normalized spacial score (nSPS) is 10.6. The number of anilines is 1. The Labute approximate surface area is 146 Å². The lowest BCUT2D eigenvalue weighted by molar-refractivity contribution is -0.112. The number of ether oxygens (including phenoxy) is 3. The zero-order valence-corrected chi connectivity index (χ0v) is 14.2. The van der Waals surface area contributed by atoms with Crippen LogP contribution in [0.1, 0.15) is 5.56 Å². The van der Waals surface area contributed by atoms with E-state index < -0.39 is 5.91 Å². The summed E-state index contributed by atoms with van der Waals surface area (Å²) in [6.07, 6.45) is 1.51. The third kappa shape index (κ3) is 4.52. The van der Waals surface area contributed by atoms with E-state index in [0.717, 1.165) is 5.56 Å². The van der Waals surface area contributed by atoms with Gasteiger partial charge in [-0.25, -0.2) is 0 Å². The number of benzene rings is 2. The SMILES string of the molecule is COc1ccc(/C=C(\C#N)C(=O)Nc2ccc(OC)c(OC)c2)cc1. The van der Waals surface area contributed by atoms with Crippen LogP contribution < -0.4 is 19.5 Å². The van der Waals surface area contributed by atoms with Crippen LogP contribution in [0.15, 0.2) is 48.0 Å². The maximum atomic E-state index is 12.3. The van der Waals surface area contributed by atoms with Crippen LogP contribution in [0.2, 0.25) is 0 Å².